The number of aromatic amines is 1. The second-order valence-corrected chi connectivity index (χ2v) is 20.3. The zero-order valence-corrected chi connectivity index (χ0v) is 46.3. The minimum absolute atomic E-state index is 0.0819. The lowest BCUT2D eigenvalue weighted by Gasteiger charge is -2.29. The lowest BCUT2D eigenvalue weighted by molar-refractivity contribution is -0.143. The van der Waals surface area contributed by atoms with Gasteiger partial charge in [0.2, 0.25) is 53.2 Å². The summed E-state index contributed by atoms with van der Waals surface area (Å²) >= 11 is 0. The number of nitrogens with two attached hydrogens (primary N) is 1. The highest BCUT2D eigenvalue weighted by Crippen LogP contribution is 2.16. The van der Waals surface area contributed by atoms with E-state index in [4.69, 9.17) is 5.73 Å². The summed E-state index contributed by atoms with van der Waals surface area (Å²) in [6.45, 7) is 7.32. The number of nitrogens with one attached hydrogen (secondary N) is 10. The largest absolute Gasteiger partial charge is 0.508 e. The molecular weight excluding hydrogens is 1080 g/mol. The Hall–Kier alpha value is -8.70. The lowest BCUT2D eigenvalue weighted by Crippen LogP contribution is -2.61. The number of benzene rings is 2. The van der Waals surface area contributed by atoms with Crippen molar-refractivity contribution < 1.29 is 83.4 Å². The van der Waals surface area contributed by atoms with Crippen LogP contribution in [0.5, 0.6) is 11.5 Å². The number of aliphatic carboxylic acids is 2. The average molecular weight is 1150 g/mol. The Balaban J connectivity index is 1.78. The number of carboxylic acids is 2. The molecule has 82 heavy (non-hydrogen) atoms. The van der Waals surface area contributed by atoms with E-state index in [1.54, 1.807) is 27.7 Å². The summed E-state index contributed by atoms with van der Waals surface area (Å²) in [4.78, 5) is 153. The number of carbonyl (C=O) groups excluding carboxylic acids is 9. The maximum Gasteiger partial charge on any atom is 0.326 e. The first-order valence-electron chi connectivity index (χ1n) is 26.3. The van der Waals surface area contributed by atoms with Gasteiger partial charge in [-0.2, -0.15) is 0 Å². The van der Waals surface area contributed by atoms with Crippen molar-refractivity contribution in [3.8, 4) is 11.5 Å². The number of phenols is 2. The lowest BCUT2D eigenvalue weighted by atomic mass is 9.96. The van der Waals surface area contributed by atoms with Gasteiger partial charge >= 0.3 is 11.9 Å². The summed E-state index contributed by atoms with van der Waals surface area (Å²) in [7, 11) is 0. The molecule has 3 rings (SSSR count). The molecule has 450 valence electrons. The highest BCUT2D eigenvalue weighted by atomic mass is 16.4. The topological polar surface area (TPSA) is 472 Å². The number of amides is 9. The van der Waals surface area contributed by atoms with Gasteiger partial charge in [-0.1, -0.05) is 72.2 Å². The van der Waals surface area contributed by atoms with Crippen LogP contribution in [0.15, 0.2) is 61.1 Å². The molecule has 29 nitrogen and oxygen atoms in total. The molecule has 29 heteroatoms. The third-order valence-corrected chi connectivity index (χ3v) is 12.8. The average Bonchev–Trinajstić information content (AvgIpc) is 3.99. The minimum Gasteiger partial charge on any atom is -0.508 e. The molecule has 0 aliphatic carbocycles. The number of carboxylic acid groups (broad SMARTS) is 2. The summed E-state index contributed by atoms with van der Waals surface area (Å²) < 4.78 is 0. The number of H-pyrrole nitrogens is 1. The van der Waals surface area contributed by atoms with Crippen LogP contribution in [0.25, 0.3) is 0 Å². The molecule has 9 amide bonds. The molecule has 0 unspecified atom stereocenters. The zero-order chi connectivity index (χ0) is 61.4. The summed E-state index contributed by atoms with van der Waals surface area (Å²) in [5.41, 5.74) is 6.84. The monoisotopic (exact) mass is 1150 g/mol. The molecule has 0 radical (unpaired) electrons. The minimum atomic E-state index is -1.84. The fraction of sp³-hybridized carbons (Fsp3) is 0.509. The second-order valence-electron chi connectivity index (χ2n) is 20.3. The number of aliphatic hydroxyl groups is 2. The number of carbonyl (C=O) groups is 11. The molecule has 0 saturated carbocycles. The summed E-state index contributed by atoms with van der Waals surface area (Å²) in [6, 6.07) is -2.49. The maximum absolute atomic E-state index is 14.0. The van der Waals surface area contributed by atoms with Crippen molar-refractivity contribution in [2.45, 2.75) is 134 Å². The van der Waals surface area contributed by atoms with Gasteiger partial charge in [-0.15, -0.1) is 0 Å². The van der Waals surface area contributed by atoms with Gasteiger partial charge in [-0.3, -0.25) is 47.9 Å². The number of phenolic OH excluding ortho intramolecular Hbond substituents is 2. The van der Waals surface area contributed by atoms with E-state index in [2.05, 4.69) is 57.8 Å². The van der Waals surface area contributed by atoms with Gasteiger partial charge in [-0.25, -0.2) is 9.78 Å². The highest BCUT2D eigenvalue weighted by Gasteiger charge is 2.36. The number of aromatic nitrogens is 2. The van der Waals surface area contributed by atoms with Crippen LogP contribution in [0.1, 0.15) is 77.6 Å². The Bertz CT molecular complexity index is 2660. The van der Waals surface area contributed by atoms with Crippen LogP contribution >= 0.6 is 0 Å². The molecule has 0 saturated heterocycles. The first-order chi connectivity index (χ1) is 38.7. The van der Waals surface area contributed by atoms with Gasteiger partial charge in [-0.05, 0) is 59.6 Å². The third-order valence-electron chi connectivity index (χ3n) is 12.8. The van der Waals surface area contributed by atoms with Crippen LogP contribution in [-0.4, -0.2) is 180 Å². The summed E-state index contributed by atoms with van der Waals surface area (Å²) in [5.74, 6) is -13.5. The first-order valence-corrected chi connectivity index (χ1v) is 26.3. The van der Waals surface area contributed by atoms with E-state index < -0.39 is 157 Å². The standard InChI is InChI=1S/C53H76N12O17/c1-7-28(6)44(65-45(73)34(54)23-66)52(80)61-36(17-29-8-12-32(68)13-9-29)46(74)56-22-41(70)58-37(19-31-21-55-25-57-31)48(76)63-40(24-67)50(78)64-43(27(4)5)51(79)60-35(16-26(2)3)47(75)59-38(20-42(71)72)49(77)62-39(53(81)82)18-30-10-14-33(69)15-11-30/h8-15,21,25-28,34-40,43-44,66-69H,7,16-20,22-24,54H2,1-6H3,(H,55,57)(H,56,74)(H,58,70)(H,59,75)(H,60,79)(H,61,80)(H,62,77)(H,63,76)(H,64,78)(H,65,73)(H,71,72)(H,81,82)/t28-,34-,35-,36-,37-,38-,39-,40-,43-,44-/m0/s1. The van der Waals surface area contributed by atoms with E-state index in [0.717, 1.165) is 0 Å². The molecule has 0 fully saturated rings. The molecular formula is C53H76N12O17. The van der Waals surface area contributed by atoms with Gasteiger partial charge in [0.15, 0.2) is 0 Å². The number of aromatic hydroxyl groups is 2. The quantitative estimate of drug-likeness (QED) is 0.0275. The van der Waals surface area contributed by atoms with Gasteiger partial charge < -0.3 is 89.2 Å². The SMILES string of the molecule is CC[C@H](C)[C@H](NC(=O)[C@@H](N)CO)C(=O)N[C@@H](Cc1ccc(O)cc1)C(=O)NCC(=O)N[C@@H](Cc1cnc[nH]1)C(=O)N[C@@H](CO)C(=O)N[C@H](C(=O)N[C@@H](CC(C)C)C(=O)N[C@@H](CC(=O)O)C(=O)N[C@@H](Cc1ccc(O)cc1)C(=O)O)C(C)C. The van der Waals surface area contributed by atoms with Crippen molar-refractivity contribution in [3.05, 3.63) is 77.9 Å². The molecule has 2 aromatic carbocycles. The summed E-state index contributed by atoms with van der Waals surface area (Å²) in [6.07, 6.45) is 1.21. The van der Waals surface area contributed by atoms with Crippen LogP contribution < -0.4 is 53.6 Å². The normalized spacial score (nSPS) is 14.8. The van der Waals surface area contributed by atoms with Gasteiger partial charge in [0, 0.05) is 31.2 Å². The predicted molar refractivity (Wildman–Crippen MR) is 290 cm³/mol. The van der Waals surface area contributed by atoms with Crippen molar-refractivity contribution in [1.82, 2.24) is 57.8 Å². The number of rotatable bonds is 34. The Labute approximate surface area is 472 Å². The van der Waals surface area contributed by atoms with Crippen LogP contribution in [-0.2, 0) is 72.0 Å². The second kappa shape index (κ2) is 33.1. The van der Waals surface area contributed by atoms with E-state index in [1.807, 2.05) is 0 Å². The Kier molecular flexibility index (Phi) is 27.3. The molecule has 0 bridgehead atoms. The van der Waals surface area contributed by atoms with Crippen molar-refractivity contribution in [3.63, 3.8) is 0 Å². The number of hydrogen-bond donors (Lipinski definition) is 17. The van der Waals surface area contributed by atoms with Crippen molar-refractivity contribution in [1.29, 1.82) is 0 Å². The van der Waals surface area contributed by atoms with Crippen LogP contribution in [0.3, 0.4) is 0 Å². The van der Waals surface area contributed by atoms with Gasteiger partial charge in [0.1, 0.15) is 65.9 Å². The van der Waals surface area contributed by atoms with Crippen molar-refractivity contribution in [2.75, 3.05) is 19.8 Å². The fourth-order valence-electron chi connectivity index (χ4n) is 7.96. The summed E-state index contributed by atoms with van der Waals surface area (Å²) in [5, 5.41) is 80.5. The van der Waals surface area contributed by atoms with E-state index in [9.17, 15) is 83.4 Å². The zero-order valence-electron chi connectivity index (χ0n) is 46.3. The maximum atomic E-state index is 14.0. The predicted octanol–water partition coefficient (Wildman–Crippen LogP) is -3.54. The molecule has 10 atom stereocenters. The van der Waals surface area contributed by atoms with E-state index >= 15 is 0 Å². The Morgan fingerprint density at radius 2 is 1.02 bits per heavy atom. The van der Waals surface area contributed by atoms with Gasteiger partial charge in [0.25, 0.3) is 0 Å². The molecule has 0 aliphatic heterocycles. The molecule has 1 aromatic heterocycles. The highest BCUT2D eigenvalue weighted by molar-refractivity contribution is 5.98. The number of hydrogen-bond acceptors (Lipinski definition) is 17. The Morgan fingerprint density at radius 3 is 1.52 bits per heavy atom. The fourth-order valence-corrected chi connectivity index (χ4v) is 7.96. The number of nitrogens with zero attached hydrogens (tertiary/aromatic N) is 1. The number of aliphatic hydroxyl groups excluding tert-OH is 2. The van der Waals surface area contributed by atoms with Crippen LogP contribution in [0.4, 0.5) is 0 Å². The van der Waals surface area contributed by atoms with Crippen LogP contribution in [0, 0.1) is 17.8 Å². The smallest absolute Gasteiger partial charge is 0.326 e. The Morgan fingerprint density at radius 1 is 0.549 bits per heavy atom. The molecule has 0 spiro atoms. The van der Waals surface area contributed by atoms with Crippen molar-refractivity contribution >= 4 is 65.1 Å². The third kappa shape index (κ3) is 22.4. The van der Waals surface area contributed by atoms with Crippen molar-refractivity contribution in [2.24, 2.45) is 23.5 Å². The van der Waals surface area contributed by atoms with E-state index in [0.29, 0.717) is 23.2 Å². The van der Waals surface area contributed by atoms with Crippen LogP contribution in [0.2, 0.25) is 0 Å². The van der Waals surface area contributed by atoms with E-state index in [1.165, 1.54) is 74.9 Å². The first kappa shape index (κ1) is 67.6. The van der Waals surface area contributed by atoms with E-state index in [-0.39, 0.29) is 43.1 Å². The molecule has 0 aliphatic rings. The van der Waals surface area contributed by atoms with Gasteiger partial charge in [0.05, 0.1) is 32.5 Å². The number of imidazole rings is 1. The molecule has 1 heterocycles. The molecule has 18 N–H and O–H groups in total. The molecule has 3 aromatic rings.